The van der Waals surface area contributed by atoms with Gasteiger partial charge in [-0.2, -0.15) is 5.10 Å². The average Bonchev–Trinajstić information content (AvgIpc) is 3.49. The predicted octanol–water partition coefficient (Wildman–Crippen LogP) is 7.16. The van der Waals surface area contributed by atoms with Crippen LogP contribution < -0.4 is 4.74 Å². The second kappa shape index (κ2) is 12.2. The largest absolute Gasteiger partial charge is 0.494 e. The number of unbranched alkanes of at least 4 members (excludes halogenated alkanes) is 1. The SMILES string of the molecule is CCCCOc1cccc(-c2nn(-c3ccccc3)cc2C=C2SC(=S)N(CCc3ccccc3)C2=O)c1. The van der Waals surface area contributed by atoms with Crippen LogP contribution in [0.4, 0.5) is 0 Å². The molecule has 0 saturated carbocycles. The van der Waals surface area contributed by atoms with Crippen LogP contribution in [0.1, 0.15) is 30.9 Å². The summed E-state index contributed by atoms with van der Waals surface area (Å²) >= 11 is 6.94. The highest BCUT2D eigenvalue weighted by atomic mass is 32.2. The van der Waals surface area contributed by atoms with Crippen LogP contribution in [-0.2, 0) is 11.2 Å². The lowest BCUT2D eigenvalue weighted by molar-refractivity contribution is -0.122. The number of carbonyl (C=O) groups excluding carboxylic acids is 1. The molecule has 1 saturated heterocycles. The molecule has 192 valence electrons. The van der Waals surface area contributed by atoms with Gasteiger partial charge in [0.1, 0.15) is 15.8 Å². The monoisotopic (exact) mass is 539 g/mol. The smallest absolute Gasteiger partial charge is 0.266 e. The molecule has 38 heavy (non-hydrogen) atoms. The Labute approximate surface area is 233 Å². The molecule has 1 fully saturated rings. The number of aromatic nitrogens is 2. The molecule has 5 rings (SSSR count). The van der Waals surface area contributed by atoms with E-state index in [9.17, 15) is 4.79 Å². The quantitative estimate of drug-likeness (QED) is 0.122. The van der Waals surface area contributed by atoms with Crippen molar-refractivity contribution >= 4 is 40.3 Å². The van der Waals surface area contributed by atoms with E-state index >= 15 is 0 Å². The van der Waals surface area contributed by atoms with E-state index in [-0.39, 0.29) is 5.91 Å². The van der Waals surface area contributed by atoms with Crippen LogP contribution in [0.15, 0.2) is 96.0 Å². The van der Waals surface area contributed by atoms with E-state index in [2.05, 4.69) is 19.1 Å². The molecule has 5 nitrogen and oxygen atoms in total. The molecule has 1 aliphatic rings. The Balaban J connectivity index is 1.45. The second-order valence-electron chi connectivity index (χ2n) is 9.01. The van der Waals surface area contributed by atoms with Gasteiger partial charge in [0.15, 0.2) is 0 Å². The Morgan fingerprint density at radius 2 is 1.76 bits per heavy atom. The molecule has 2 heterocycles. The van der Waals surface area contributed by atoms with Gasteiger partial charge in [0.2, 0.25) is 0 Å². The van der Waals surface area contributed by atoms with E-state index in [4.69, 9.17) is 22.1 Å². The first-order valence-electron chi connectivity index (χ1n) is 12.8. The summed E-state index contributed by atoms with van der Waals surface area (Å²) in [6.07, 6.45) is 6.71. The number of para-hydroxylation sites is 1. The Hall–Kier alpha value is -3.68. The van der Waals surface area contributed by atoms with Gasteiger partial charge >= 0.3 is 0 Å². The van der Waals surface area contributed by atoms with Gasteiger partial charge in [0.05, 0.1) is 17.2 Å². The third-order valence-corrected chi connectivity index (χ3v) is 7.64. The average molecular weight is 540 g/mol. The van der Waals surface area contributed by atoms with Crippen molar-refractivity contribution in [1.29, 1.82) is 0 Å². The van der Waals surface area contributed by atoms with Crippen LogP contribution in [-0.4, -0.2) is 38.1 Å². The van der Waals surface area contributed by atoms with Gasteiger partial charge in [0.25, 0.3) is 5.91 Å². The summed E-state index contributed by atoms with van der Waals surface area (Å²) in [4.78, 5) is 15.7. The number of thiocarbonyl (C=S) groups is 1. The molecule has 1 aromatic heterocycles. The van der Waals surface area contributed by atoms with Crippen molar-refractivity contribution in [2.24, 2.45) is 0 Å². The lowest BCUT2D eigenvalue weighted by atomic mass is 10.1. The fourth-order valence-corrected chi connectivity index (χ4v) is 5.52. The van der Waals surface area contributed by atoms with Gasteiger partial charge in [-0.1, -0.05) is 98.0 Å². The van der Waals surface area contributed by atoms with Crippen molar-refractivity contribution in [3.8, 4) is 22.7 Å². The third kappa shape index (κ3) is 6.06. The Morgan fingerprint density at radius 3 is 2.53 bits per heavy atom. The first-order chi connectivity index (χ1) is 18.6. The fourth-order valence-electron chi connectivity index (χ4n) is 4.22. The summed E-state index contributed by atoms with van der Waals surface area (Å²) in [5, 5.41) is 4.92. The van der Waals surface area contributed by atoms with E-state index in [1.807, 2.05) is 89.8 Å². The summed E-state index contributed by atoms with van der Waals surface area (Å²) in [6.45, 7) is 3.38. The zero-order chi connectivity index (χ0) is 26.3. The predicted molar refractivity (Wildman–Crippen MR) is 159 cm³/mol. The lowest BCUT2D eigenvalue weighted by Crippen LogP contribution is -2.30. The van der Waals surface area contributed by atoms with Crippen molar-refractivity contribution in [2.45, 2.75) is 26.2 Å². The maximum absolute atomic E-state index is 13.4. The molecular formula is C31H29N3O2S2. The normalized spacial score (nSPS) is 14.4. The standard InChI is InChI=1S/C31H29N3O2S2/c1-2-3-19-36-27-16-10-13-24(20-27)29-25(22-34(32-29)26-14-8-5-9-15-26)21-28-30(35)33(31(37)38-28)18-17-23-11-6-4-7-12-23/h4-16,20-22H,2-3,17-19H2,1H3. The number of carbonyl (C=O) groups is 1. The molecule has 0 unspecified atom stereocenters. The number of ether oxygens (including phenoxy) is 1. The Kier molecular flexibility index (Phi) is 8.36. The van der Waals surface area contributed by atoms with E-state index < -0.39 is 0 Å². The van der Waals surface area contributed by atoms with Gasteiger partial charge in [-0.15, -0.1) is 0 Å². The molecule has 7 heteroatoms. The van der Waals surface area contributed by atoms with Crippen molar-refractivity contribution in [1.82, 2.24) is 14.7 Å². The van der Waals surface area contributed by atoms with Gasteiger partial charge in [-0.05, 0) is 48.7 Å². The molecule has 3 aromatic carbocycles. The number of hydrogen-bond donors (Lipinski definition) is 0. The minimum atomic E-state index is -0.0639. The zero-order valence-electron chi connectivity index (χ0n) is 21.2. The van der Waals surface area contributed by atoms with Gasteiger partial charge in [-0.3, -0.25) is 9.69 Å². The first-order valence-corrected chi connectivity index (χ1v) is 14.0. The van der Waals surface area contributed by atoms with Crippen molar-refractivity contribution in [3.63, 3.8) is 0 Å². The number of nitrogens with zero attached hydrogens (tertiary/aromatic N) is 3. The molecule has 0 radical (unpaired) electrons. The summed E-state index contributed by atoms with van der Waals surface area (Å²) in [7, 11) is 0. The minimum Gasteiger partial charge on any atom is -0.494 e. The number of thioether (sulfide) groups is 1. The molecule has 0 N–H and O–H groups in total. The summed E-state index contributed by atoms with van der Waals surface area (Å²) in [5.41, 5.74) is 4.68. The van der Waals surface area contributed by atoms with E-state index in [0.717, 1.165) is 47.5 Å². The summed E-state index contributed by atoms with van der Waals surface area (Å²) in [6, 6.07) is 28.1. The van der Waals surface area contributed by atoms with Crippen molar-refractivity contribution in [2.75, 3.05) is 13.2 Å². The first kappa shape index (κ1) is 25.9. The van der Waals surface area contributed by atoms with E-state index in [1.54, 1.807) is 4.90 Å². The van der Waals surface area contributed by atoms with Gasteiger partial charge < -0.3 is 4.74 Å². The van der Waals surface area contributed by atoms with Gasteiger partial charge in [-0.25, -0.2) is 4.68 Å². The highest BCUT2D eigenvalue weighted by Gasteiger charge is 2.32. The number of benzene rings is 3. The highest BCUT2D eigenvalue weighted by Crippen LogP contribution is 2.35. The number of rotatable bonds is 10. The Bertz CT molecular complexity index is 1450. The highest BCUT2D eigenvalue weighted by molar-refractivity contribution is 8.26. The Morgan fingerprint density at radius 1 is 1.00 bits per heavy atom. The second-order valence-corrected chi connectivity index (χ2v) is 10.7. The molecule has 0 spiro atoms. The van der Waals surface area contributed by atoms with Crippen LogP contribution in [0.25, 0.3) is 23.0 Å². The maximum Gasteiger partial charge on any atom is 0.266 e. The van der Waals surface area contributed by atoms with Crippen LogP contribution >= 0.6 is 24.0 Å². The van der Waals surface area contributed by atoms with Crippen LogP contribution in [0.5, 0.6) is 5.75 Å². The van der Waals surface area contributed by atoms with Gasteiger partial charge in [0, 0.05) is 23.9 Å². The molecule has 1 amide bonds. The molecule has 1 aliphatic heterocycles. The number of amides is 1. The van der Waals surface area contributed by atoms with Crippen molar-refractivity contribution < 1.29 is 9.53 Å². The molecule has 0 aliphatic carbocycles. The molecule has 0 bridgehead atoms. The van der Waals surface area contributed by atoms with Crippen molar-refractivity contribution in [3.05, 3.63) is 107 Å². The third-order valence-electron chi connectivity index (χ3n) is 6.26. The molecule has 4 aromatic rings. The minimum absolute atomic E-state index is 0.0639. The zero-order valence-corrected chi connectivity index (χ0v) is 22.9. The topological polar surface area (TPSA) is 47.4 Å². The fraction of sp³-hybridized carbons (Fsp3) is 0.194. The molecular weight excluding hydrogens is 510 g/mol. The summed E-state index contributed by atoms with van der Waals surface area (Å²) in [5.74, 6) is 0.745. The van der Waals surface area contributed by atoms with Crippen LogP contribution in [0.3, 0.4) is 0 Å². The summed E-state index contributed by atoms with van der Waals surface area (Å²) < 4.78 is 8.38. The van der Waals surface area contributed by atoms with E-state index in [0.29, 0.717) is 22.4 Å². The maximum atomic E-state index is 13.4. The van der Waals surface area contributed by atoms with Crippen LogP contribution in [0, 0.1) is 0 Å². The van der Waals surface area contributed by atoms with Crippen LogP contribution in [0.2, 0.25) is 0 Å². The molecule has 0 atom stereocenters. The van der Waals surface area contributed by atoms with E-state index in [1.165, 1.54) is 17.3 Å². The lowest BCUT2D eigenvalue weighted by Gasteiger charge is -2.14. The number of hydrogen-bond acceptors (Lipinski definition) is 5.